The fourth-order valence-electron chi connectivity index (χ4n) is 3.01. The highest BCUT2D eigenvalue weighted by molar-refractivity contribution is 5.48. The van der Waals surface area contributed by atoms with E-state index in [4.69, 9.17) is 0 Å². The molecule has 1 aliphatic heterocycles. The lowest BCUT2D eigenvalue weighted by Crippen LogP contribution is -2.49. The van der Waals surface area contributed by atoms with E-state index in [0.717, 1.165) is 32.5 Å². The van der Waals surface area contributed by atoms with E-state index in [1.807, 2.05) is 4.90 Å². The Hall–Kier alpha value is -1.16. The van der Waals surface area contributed by atoms with E-state index < -0.39 is 11.6 Å². The van der Waals surface area contributed by atoms with Crippen molar-refractivity contribution < 1.29 is 8.78 Å². The summed E-state index contributed by atoms with van der Waals surface area (Å²) in [4.78, 5) is 1.97. The molecule has 0 saturated carbocycles. The molecule has 0 spiro atoms. The standard InChI is InChI=1S/C17H26F2N2/c1-12(2)7-8-20-14-9-13(3)10-21(11-14)16-6-4-5-15(18)17(16)19/h4-6,12-14,20H,7-11H2,1-3H3. The molecule has 1 heterocycles. The fourth-order valence-corrected chi connectivity index (χ4v) is 3.01. The van der Waals surface area contributed by atoms with Gasteiger partial charge in [-0.3, -0.25) is 0 Å². The maximum Gasteiger partial charge on any atom is 0.182 e. The van der Waals surface area contributed by atoms with Gasteiger partial charge in [-0.15, -0.1) is 0 Å². The van der Waals surface area contributed by atoms with E-state index in [1.54, 1.807) is 12.1 Å². The number of rotatable bonds is 5. The second-order valence-electron chi connectivity index (χ2n) is 6.65. The van der Waals surface area contributed by atoms with Crippen molar-refractivity contribution in [1.29, 1.82) is 0 Å². The smallest absolute Gasteiger partial charge is 0.182 e. The molecule has 2 nitrogen and oxygen atoms in total. The Morgan fingerprint density at radius 2 is 2.05 bits per heavy atom. The summed E-state index contributed by atoms with van der Waals surface area (Å²) < 4.78 is 27.4. The average molecular weight is 296 g/mol. The Kier molecular flexibility index (Phi) is 5.57. The highest BCUT2D eigenvalue weighted by atomic mass is 19.2. The van der Waals surface area contributed by atoms with Gasteiger partial charge in [-0.1, -0.05) is 26.8 Å². The third-order valence-corrected chi connectivity index (χ3v) is 4.09. The lowest BCUT2D eigenvalue weighted by atomic mass is 9.95. The highest BCUT2D eigenvalue weighted by Gasteiger charge is 2.26. The van der Waals surface area contributed by atoms with Crippen LogP contribution >= 0.6 is 0 Å². The van der Waals surface area contributed by atoms with Gasteiger partial charge in [-0.25, -0.2) is 8.78 Å². The van der Waals surface area contributed by atoms with Crippen molar-refractivity contribution in [3.63, 3.8) is 0 Å². The first kappa shape index (κ1) is 16.2. The molecule has 0 aliphatic carbocycles. The van der Waals surface area contributed by atoms with Gasteiger partial charge in [-0.2, -0.15) is 0 Å². The molecule has 2 atom stereocenters. The molecule has 0 radical (unpaired) electrons. The summed E-state index contributed by atoms with van der Waals surface area (Å²) in [7, 11) is 0. The quantitative estimate of drug-likeness (QED) is 0.888. The number of hydrogen-bond donors (Lipinski definition) is 1. The molecular formula is C17H26F2N2. The summed E-state index contributed by atoms with van der Waals surface area (Å²) in [6.07, 6.45) is 2.23. The first-order valence-electron chi connectivity index (χ1n) is 7.89. The van der Waals surface area contributed by atoms with Gasteiger partial charge in [0.2, 0.25) is 0 Å². The normalized spacial score (nSPS) is 22.9. The second-order valence-corrected chi connectivity index (χ2v) is 6.65. The van der Waals surface area contributed by atoms with Gasteiger partial charge in [0.25, 0.3) is 0 Å². The molecule has 1 saturated heterocycles. The van der Waals surface area contributed by atoms with E-state index in [-0.39, 0.29) is 0 Å². The second kappa shape index (κ2) is 7.21. The summed E-state index contributed by atoms with van der Waals surface area (Å²) in [6.45, 7) is 9.08. The number of halogens is 2. The molecule has 1 aliphatic rings. The van der Waals surface area contributed by atoms with Gasteiger partial charge < -0.3 is 10.2 Å². The van der Waals surface area contributed by atoms with Crippen LogP contribution in [0, 0.1) is 23.5 Å². The van der Waals surface area contributed by atoms with Crippen LogP contribution in [0.15, 0.2) is 18.2 Å². The van der Waals surface area contributed by atoms with Crippen LogP contribution in [0.1, 0.15) is 33.6 Å². The average Bonchev–Trinajstić information content (AvgIpc) is 2.41. The monoisotopic (exact) mass is 296 g/mol. The SMILES string of the molecule is CC(C)CCNC1CC(C)CN(c2cccc(F)c2F)C1. The van der Waals surface area contributed by atoms with Crippen LogP contribution in [0.5, 0.6) is 0 Å². The van der Waals surface area contributed by atoms with Crippen molar-refractivity contribution in [3.8, 4) is 0 Å². The Balaban J connectivity index is 2.01. The van der Waals surface area contributed by atoms with Crippen LogP contribution in [0.25, 0.3) is 0 Å². The van der Waals surface area contributed by atoms with Crippen LogP contribution < -0.4 is 10.2 Å². The van der Waals surface area contributed by atoms with Gasteiger partial charge in [0, 0.05) is 19.1 Å². The van der Waals surface area contributed by atoms with E-state index >= 15 is 0 Å². The summed E-state index contributed by atoms with van der Waals surface area (Å²) in [6, 6.07) is 4.76. The fraction of sp³-hybridized carbons (Fsp3) is 0.647. The number of nitrogens with zero attached hydrogens (tertiary/aromatic N) is 1. The lowest BCUT2D eigenvalue weighted by molar-refractivity contribution is 0.341. The molecule has 0 amide bonds. The van der Waals surface area contributed by atoms with Crippen LogP contribution in [0.2, 0.25) is 0 Å². The van der Waals surface area contributed by atoms with Crippen molar-refractivity contribution in [2.24, 2.45) is 11.8 Å². The van der Waals surface area contributed by atoms with Gasteiger partial charge in [0.05, 0.1) is 5.69 Å². The molecule has 1 N–H and O–H groups in total. The van der Waals surface area contributed by atoms with E-state index in [2.05, 4.69) is 26.1 Å². The molecule has 118 valence electrons. The maximum atomic E-state index is 14.0. The molecule has 21 heavy (non-hydrogen) atoms. The Labute approximate surface area is 126 Å². The number of benzene rings is 1. The first-order valence-corrected chi connectivity index (χ1v) is 7.89. The number of piperidine rings is 1. The minimum atomic E-state index is -0.768. The van der Waals surface area contributed by atoms with Crippen molar-refractivity contribution in [2.75, 3.05) is 24.5 Å². The maximum absolute atomic E-state index is 14.0. The third kappa shape index (κ3) is 4.40. The van der Waals surface area contributed by atoms with Gasteiger partial charge in [-0.05, 0) is 43.4 Å². The van der Waals surface area contributed by atoms with Crippen molar-refractivity contribution in [1.82, 2.24) is 5.32 Å². The molecule has 2 rings (SSSR count). The molecule has 0 aromatic heterocycles. The molecule has 2 unspecified atom stereocenters. The molecule has 1 aromatic carbocycles. The predicted octanol–water partition coefficient (Wildman–Crippen LogP) is 3.82. The largest absolute Gasteiger partial charge is 0.367 e. The first-order chi connectivity index (χ1) is 9.97. The van der Waals surface area contributed by atoms with Crippen molar-refractivity contribution in [3.05, 3.63) is 29.8 Å². The minimum Gasteiger partial charge on any atom is -0.367 e. The predicted molar refractivity (Wildman–Crippen MR) is 83.6 cm³/mol. The van der Waals surface area contributed by atoms with Crippen LogP contribution in [0.3, 0.4) is 0 Å². The summed E-state index contributed by atoms with van der Waals surface area (Å²) in [5.74, 6) is -0.351. The topological polar surface area (TPSA) is 15.3 Å². The minimum absolute atomic E-state index is 0.343. The van der Waals surface area contributed by atoms with Crippen LogP contribution in [-0.2, 0) is 0 Å². The van der Waals surface area contributed by atoms with Crippen molar-refractivity contribution in [2.45, 2.75) is 39.7 Å². The third-order valence-electron chi connectivity index (χ3n) is 4.09. The molecule has 0 bridgehead atoms. The zero-order chi connectivity index (χ0) is 15.4. The van der Waals surface area contributed by atoms with Crippen LogP contribution in [0.4, 0.5) is 14.5 Å². The van der Waals surface area contributed by atoms with E-state index in [1.165, 1.54) is 6.07 Å². The molecular weight excluding hydrogens is 270 g/mol. The molecule has 4 heteroatoms. The van der Waals surface area contributed by atoms with Gasteiger partial charge in [0.1, 0.15) is 0 Å². The Morgan fingerprint density at radius 1 is 1.29 bits per heavy atom. The summed E-state index contributed by atoms with van der Waals surface area (Å²) in [5.41, 5.74) is 0.386. The summed E-state index contributed by atoms with van der Waals surface area (Å²) >= 11 is 0. The number of nitrogens with one attached hydrogen (secondary N) is 1. The zero-order valence-corrected chi connectivity index (χ0v) is 13.2. The zero-order valence-electron chi connectivity index (χ0n) is 13.2. The lowest BCUT2D eigenvalue weighted by Gasteiger charge is -2.38. The molecule has 1 aromatic rings. The Morgan fingerprint density at radius 3 is 2.76 bits per heavy atom. The van der Waals surface area contributed by atoms with Gasteiger partial charge >= 0.3 is 0 Å². The van der Waals surface area contributed by atoms with E-state index in [0.29, 0.717) is 23.6 Å². The summed E-state index contributed by atoms with van der Waals surface area (Å²) in [5, 5.41) is 3.56. The van der Waals surface area contributed by atoms with Gasteiger partial charge in [0.15, 0.2) is 11.6 Å². The number of hydrogen-bond acceptors (Lipinski definition) is 2. The number of anilines is 1. The molecule has 1 fully saturated rings. The van der Waals surface area contributed by atoms with Crippen LogP contribution in [-0.4, -0.2) is 25.7 Å². The Bertz CT molecular complexity index is 462. The van der Waals surface area contributed by atoms with E-state index in [9.17, 15) is 8.78 Å². The highest BCUT2D eigenvalue weighted by Crippen LogP contribution is 2.26. The van der Waals surface area contributed by atoms with Crippen molar-refractivity contribution >= 4 is 5.69 Å².